The minimum atomic E-state index is -0.582. The molecule has 0 saturated carbocycles. The monoisotopic (exact) mass is 293 g/mol. The number of amides is 1. The van der Waals surface area contributed by atoms with Gasteiger partial charge in [0.15, 0.2) is 0 Å². The molecule has 1 amide bonds. The van der Waals surface area contributed by atoms with Crippen molar-refractivity contribution in [1.29, 1.82) is 0 Å². The molecular weight excluding hydrogens is 274 g/mol. The molecule has 1 aliphatic heterocycles. The van der Waals surface area contributed by atoms with E-state index in [0.29, 0.717) is 13.1 Å². The number of nitrogens with zero attached hydrogens (tertiary/aromatic N) is 2. The summed E-state index contributed by atoms with van der Waals surface area (Å²) < 4.78 is 5.45. The topological polar surface area (TPSA) is 98.7 Å². The Bertz CT molecular complexity index is 575. The molecule has 1 aliphatic rings. The van der Waals surface area contributed by atoms with Crippen LogP contribution in [0.25, 0.3) is 0 Å². The number of rotatable bonds is 3. The van der Waals surface area contributed by atoms with Gasteiger partial charge < -0.3 is 15.4 Å². The van der Waals surface area contributed by atoms with Gasteiger partial charge in [0.05, 0.1) is 16.1 Å². The Morgan fingerprint density at radius 2 is 2.24 bits per heavy atom. The number of hydrogen-bond donors (Lipinski definition) is 1. The third-order valence-electron chi connectivity index (χ3n) is 3.95. The molecule has 1 aromatic carbocycles. The number of para-hydroxylation sites is 1. The van der Waals surface area contributed by atoms with E-state index < -0.39 is 4.92 Å². The molecule has 1 saturated heterocycles. The van der Waals surface area contributed by atoms with Crippen LogP contribution < -0.4 is 5.73 Å². The van der Waals surface area contributed by atoms with Crippen LogP contribution in [-0.2, 0) is 4.74 Å². The maximum Gasteiger partial charge on any atom is 0.292 e. The van der Waals surface area contributed by atoms with Crippen LogP contribution in [-0.4, -0.2) is 41.5 Å². The number of nitro groups is 1. The predicted molar refractivity (Wildman–Crippen MR) is 78.1 cm³/mol. The SMILES string of the molecule is COC1(C)CCCN(C(=O)c2cccc([N+](=O)[O-])c2N)C1. The first kappa shape index (κ1) is 15.2. The van der Waals surface area contributed by atoms with Crippen LogP contribution in [0.1, 0.15) is 30.1 Å². The minimum Gasteiger partial charge on any atom is -0.393 e. The van der Waals surface area contributed by atoms with Gasteiger partial charge in [0.2, 0.25) is 0 Å². The third-order valence-corrected chi connectivity index (χ3v) is 3.95. The molecule has 0 spiro atoms. The Balaban J connectivity index is 2.28. The number of carbonyl (C=O) groups is 1. The molecule has 2 rings (SSSR count). The van der Waals surface area contributed by atoms with Gasteiger partial charge in [-0.3, -0.25) is 14.9 Å². The van der Waals surface area contributed by atoms with Crippen LogP contribution >= 0.6 is 0 Å². The third kappa shape index (κ3) is 2.97. The molecule has 0 radical (unpaired) electrons. The van der Waals surface area contributed by atoms with Gasteiger partial charge in [0.1, 0.15) is 5.69 Å². The Kier molecular flexibility index (Phi) is 4.13. The highest BCUT2D eigenvalue weighted by Gasteiger charge is 2.34. The van der Waals surface area contributed by atoms with Crippen molar-refractivity contribution in [1.82, 2.24) is 4.90 Å². The standard InChI is InChI=1S/C14H19N3O4/c1-14(21-2)7-4-8-16(9-14)13(18)10-5-3-6-11(12(10)15)17(19)20/h3,5-6H,4,7-9,15H2,1-2H3. The van der Waals surface area contributed by atoms with Crippen molar-refractivity contribution in [2.45, 2.75) is 25.4 Å². The van der Waals surface area contributed by atoms with Crippen molar-refractivity contribution in [3.8, 4) is 0 Å². The number of benzene rings is 1. The number of nitrogen functional groups attached to an aromatic ring is 1. The van der Waals surface area contributed by atoms with Gasteiger partial charge in [-0.15, -0.1) is 0 Å². The highest BCUT2D eigenvalue weighted by molar-refractivity contribution is 6.01. The smallest absolute Gasteiger partial charge is 0.292 e. The van der Waals surface area contributed by atoms with Crippen LogP contribution in [0.2, 0.25) is 0 Å². The molecule has 1 heterocycles. The summed E-state index contributed by atoms with van der Waals surface area (Å²) in [5.74, 6) is -0.292. The van der Waals surface area contributed by atoms with E-state index in [0.717, 1.165) is 12.8 Å². The molecule has 1 aromatic rings. The summed E-state index contributed by atoms with van der Waals surface area (Å²) in [6.45, 7) is 2.99. The first-order valence-electron chi connectivity index (χ1n) is 6.75. The number of methoxy groups -OCH3 is 1. The fourth-order valence-electron chi connectivity index (χ4n) is 2.61. The van der Waals surface area contributed by atoms with Crippen molar-refractivity contribution in [2.75, 3.05) is 25.9 Å². The summed E-state index contributed by atoms with van der Waals surface area (Å²) in [6, 6.07) is 4.28. The predicted octanol–water partition coefficient (Wildman–Crippen LogP) is 1.82. The van der Waals surface area contributed by atoms with Crippen molar-refractivity contribution < 1.29 is 14.5 Å². The molecule has 0 bridgehead atoms. The maximum atomic E-state index is 12.6. The number of anilines is 1. The number of ether oxygens (including phenoxy) is 1. The van der Waals surface area contributed by atoms with Crippen molar-refractivity contribution in [3.63, 3.8) is 0 Å². The van der Waals surface area contributed by atoms with Gasteiger partial charge in [-0.25, -0.2) is 0 Å². The molecular formula is C14H19N3O4. The molecule has 0 aliphatic carbocycles. The normalized spacial score (nSPS) is 22.1. The zero-order valence-electron chi connectivity index (χ0n) is 12.2. The first-order valence-corrected chi connectivity index (χ1v) is 6.75. The van der Waals surface area contributed by atoms with E-state index >= 15 is 0 Å². The lowest BCUT2D eigenvalue weighted by Crippen LogP contribution is -2.49. The minimum absolute atomic E-state index is 0.0859. The molecule has 1 fully saturated rings. The van der Waals surface area contributed by atoms with Crippen LogP contribution in [0, 0.1) is 10.1 Å². The van der Waals surface area contributed by atoms with Gasteiger partial charge in [-0.2, -0.15) is 0 Å². The van der Waals surface area contributed by atoms with Crippen molar-refractivity contribution in [3.05, 3.63) is 33.9 Å². The van der Waals surface area contributed by atoms with Crippen LogP contribution in [0.15, 0.2) is 18.2 Å². The van der Waals surface area contributed by atoms with Crippen molar-refractivity contribution in [2.24, 2.45) is 0 Å². The van der Waals surface area contributed by atoms with E-state index in [-0.39, 0.29) is 28.4 Å². The van der Waals surface area contributed by atoms with E-state index in [1.165, 1.54) is 18.2 Å². The zero-order valence-corrected chi connectivity index (χ0v) is 12.2. The number of nitrogens with two attached hydrogens (primary N) is 1. The summed E-state index contributed by atoms with van der Waals surface area (Å²) in [5.41, 5.74) is 5.23. The Morgan fingerprint density at radius 1 is 1.52 bits per heavy atom. The largest absolute Gasteiger partial charge is 0.393 e. The lowest BCUT2D eigenvalue weighted by Gasteiger charge is -2.39. The number of hydrogen-bond acceptors (Lipinski definition) is 5. The average molecular weight is 293 g/mol. The lowest BCUT2D eigenvalue weighted by atomic mass is 9.94. The average Bonchev–Trinajstić information content (AvgIpc) is 2.46. The van der Waals surface area contributed by atoms with Gasteiger partial charge in [-0.1, -0.05) is 6.07 Å². The highest BCUT2D eigenvalue weighted by Crippen LogP contribution is 2.29. The van der Waals surface area contributed by atoms with E-state index in [9.17, 15) is 14.9 Å². The van der Waals surface area contributed by atoms with Gasteiger partial charge in [0, 0.05) is 26.3 Å². The Hall–Kier alpha value is -2.15. The molecule has 1 atom stereocenters. The van der Waals surface area contributed by atoms with Crippen LogP contribution in [0.3, 0.4) is 0 Å². The molecule has 1 unspecified atom stereocenters. The second-order valence-electron chi connectivity index (χ2n) is 5.48. The fraction of sp³-hybridized carbons (Fsp3) is 0.500. The molecule has 7 heteroatoms. The second kappa shape index (κ2) is 5.69. The number of piperidine rings is 1. The number of likely N-dealkylation sites (tertiary alicyclic amines) is 1. The van der Waals surface area contributed by atoms with E-state index in [1.54, 1.807) is 12.0 Å². The molecule has 21 heavy (non-hydrogen) atoms. The summed E-state index contributed by atoms with van der Waals surface area (Å²) in [6.07, 6.45) is 1.70. The summed E-state index contributed by atoms with van der Waals surface area (Å²) in [7, 11) is 1.62. The second-order valence-corrected chi connectivity index (χ2v) is 5.48. The quantitative estimate of drug-likeness (QED) is 0.520. The summed E-state index contributed by atoms with van der Waals surface area (Å²) in [4.78, 5) is 24.5. The Labute approximate surface area is 122 Å². The van der Waals surface area contributed by atoms with E-state index in [4.69, 9.17) is 10.5 Å². The van der Waals surface area contributed by atoms with Crippen LogP contribution in [0.5, 0.6) is 0 Å². The number of carbonyl (C=O) groups excluding carboxylic acids is 1. The molecule has 2 N–H and O–H groups in total. The fourth-order valence-corrected chi connectivity index (χ4v) is 2.61. The van der Waals surface area contributed by atoms with E-state index in [2.05, 4.69) is 0 Å². The Morgan fingerprint density at radius 3 is 2.86 bits per heavy atom. The van der Waals surface area contributed by atoms with Crippen molar-refractivity contribution >= 4 is 17.3 Å². The summed E-state index contributed by atoms with van der Waals surface area (Å²) in [5, 5.41) is 10.9. The number of nitro benzene ring substituents is 1. The zero-order chi connectivity index (χ0) is 15.6. The lowest BCUT2D eigenvalue weighted by molar-refractivity contribution is -0.383. The summed E-state index contributed by atoms with van der Waals surface area (Å²) >= 11 is 0. The molecule has 0 aromatic heterocycles. The maximum absolute atomic E-state index is 12.6. The first-order chi connectivity index (χ1) is 9.88. The van der Waals surface area contributed by atoms with E-state index in [1.807, 2.05) is 6.92 Å². The van der Waals surface area contributed by atoms with Gasteiger partial charge in [0.25, 0.3) is 11.6 Å². The molecule has 7 nitrogen and oxygen atoms in total. The molecule has 114 valence electrons. The van der Waals surface area contributed by atoms with Crippen LogP contribution in [0.4, 0.5) is 11.4 Å². The van der Waals surface area contributed by atoms with Gasteiger partial charge >= 0.3 is 0 Å². The van der Waals surface area contributed by atoms with Gasteiger partial charge in [-0.05, 0) is 25.8 Å². The highest BCUT2D eigenvalue weighted by atomic mass is 16.6.